The van der Waals surface area contributed by atoms with Gasteiger partial charge in [0.2, 0.25) is 10.0 Å². The minimum Gasteiger partial charge on any atom is -0.371 e. The van der Waals surface area contributed by atoms with Gasteiger partial charge in [-0.3, -0.25) is 4.79 Å². The molecule has 0 bridgehead atoms. The van der Waals surface area contributed by atoms with Gasteiger partial charge in [-0.1, -0.05) is 0 Å². The van der Waals surface area contributed by atoms with Crippen molar-refractivity contribution in [3.8, 4) is 0 Å². The molecule has 0 saturated carbocycles. The third-order valence-corrected chi connectivity index (χ3v) is 6.92. The molecule has 1 aromatic carbocycles. The molecule has 152 valence electrons. The molecule has 0 aromatic heterocycles. The molecule has 27 heavy (non-hydrogen) atoms. The second-order valence-corrected chi connectivity index (χ2v) is 9.31. The highest BCUT2D eigenvalue weighted by molar-refractivity contribution is 7.89. The maximum Gasteiger partial charge on any atom is 0.253 e. The van der Waals surface area contributed by atoms with Crippen LogP contribution in [0.25, 0.3) is 0 Å². The number of carbonyl (C=O) groups is 1. The molecule has 1 aromatic rings. The van der Waals surface area contributed by atoms with E-state index in [9.17, 15) is 13.2 Å². The number of benzene rings is 1. The predicted molar refractivity (Wildman–Crippen MR) is 109 cm³/mol. The highest BCUT2D eigenvalue weighted by Crippen LogP contribution is 2.28. The Bertz CT molecular complexity index is 758. The van der Waals surface area contributed by atoms with Gasteiger partial charge in [-0.15, -0.1) is 12.4 Å². The zero-order valence-electron chi connectivity index (χ0n) is 15.9. The van der Waals surface area contributed by atoms with Crippen LogP contribution in [0.15, 0.2) is 23.1 Å². The maximum atomic E-state index is 13.0. The lowest BCUT2D eigenvalue weighted by Gasteiger charge is -2.26. The van der Waals surface area contributed by atoms with Gasteiger partial charge in [0.1, 0.15) is 0 Å². The highest BCUT2D eigenvalue weighted by Gasteiger charge is 2.26. The van der Waals surface area contributed by atoms with Crippen molar-refractivity contribution in [3.63, 3.8) is 0 Å². The lowest BCUT2D eigenvalue weighted by atomic mass is 10.1. The number of anilines is 1. The Morgan fingerprint density at radius 1 is 1.19 bits per heavy atom. The fraction of sp³-hybridized carbons (Fsp3) is 0.611. The summed E-state index contributed by atoms with van der Waals surface area (Å²) in [6.45, 7) is 3.57. The van der Waals surface area contributed by atoms with Gasteiger partial charge in [0.25, 0.3) is 5.91 Å². The van der Waals surface area contributed by atoms with Crippen molar-refractivity contribution >= 4 is 34.0 Å². The number of hydrogen-bond donors (Lipinski definition) is 2. The Morgan fingerprint density at radius 2 is 1.81 bits per heavy atom. The fourth-order valence-corrected chi connectivity index (χ4v) is 4.46. The topological polar surface area (TPSA) is 81.8 Å². The number of amides is 1. The highest BCUT2D eigenvalue weighted by atomic mass is 35.5. The molecule has 0 radical (unpaired) electrons. The quantitative estimate of drug-likeness (QED) is 0.759. The normalized spacial score (nSPS) is 18.4. The second-order valence-electron chi connectivity index (χ2n) is 7.16. The first-order valence-electron chi connectivity index (χ1n) is 9.22. The number of piperidine rings is 1. The van der Waals surface area contributed by atoms with Crippen LogP contribution in [0.4, 0.5) is 5.69 Å². The number of nitrogens with one attached hydrogen (secondary N) is 2. The smallest absolute Gasteiger partial charge is 0.253 e. The fourth-order valence-electron chi connectivity index (χ4n) is 3.53. The molecule has 3 rings (SSSR count). The Morgan fingerprint density at radius 3 is 2.41 bits per heavy atom. The predicted octanol–water partition coefficient (Wildman–Crippen LogP) is 1.44. The Kier molecular flexibility index (Phi) is 7.50. The van der Waals surface area contributed by atoms with E-state index in [4.69, 9.17) is 0 Å². The van der Waals surface area contributed by atoms with Crippen molar-refractivity contribution in [2.24, 2.45) is 0 Å². The molecule has 0 atom stereocenters. The molecule has 0 aliphatic carbocycles. The van der Waals surface area contributed by atoms with Gasteiger partial charge in [0.05, 0.1) is 10.5 Å². The molecule has 2 heterocycles. The SMILES string of the molecule is CN(C)S(=O)(=O)c1ccc(N2CCCC2)c(C(=O)NC2CCNCC2)c1.Cl. The van der Waals surface area contributed by atoms with Crippen LogP contribution < -0.4 is 15.5 Å². The lowest BCUT2D eigenvalue weighted by Crippen LogP contribution is -2.43. The van der Waals surface area contributed by atoms with Gasteiger partial charge >= 0.3 is 0 Å². The first-order valence-corrected chi connectivity index (χ1v) is 10.7. The van der Waals surface area contributed by atoms with Crippen LogP contribution in [-0.2, 0) is 10.0 Å². The van der Waals surface area contributed by atoms with Crippen molar-refractivity contribution in [3.05, 3.63) is 23.8 Å². The molecule has 2 fully saturated rings. The van der Waals surface area contributed by atoms with Crippen LogP contribution in [0.2, 0.25) is 0 Å². The van der Waals surface area contributed by atoms with Crippen LogP contribution in [0.1, 0.15) is 36.0 Å². The van der Waals surface area contributed by atoms with Crippen LogP contribution in [-0.4, -0.2) is 64.9 Å². The van der Waals surface area contributed by atoms with Gasteiger partial charge in [-0.2, -0.15) is 0 Å². The van der Waals surface area contributed by atoms with Crippen LogP contribution >= 0.6 is 12.4 Å². The van der Waals surface area contributed by atoms with E-state index in [2.05, 4.69) is 15.5 Å². The molecule has 2 aliphatic heterocycles. The summed E-state index contributed by atoms with van der Waals surface area (Å²) in [5, 5.41) is 6.37. The molecular weight excluding hydrogens is 388 g/mol. The minimum atomic E-state index is -3.58. The number of rotatable bonds is 5. The molecule has 7 nitrogen and oxygen atoms in total. The van der Waals surface area contributed by atoms with E-state index in [1.165, 1.54) is 24.5 Å². The zero-order chi connectivity index (χ0) is 18.7. The average molecular weight is 417 g/mol. The Balaban J connectivity index is 0.00000261. The van der Waals surface area contributed by atoms with E-state index < -0.39 is 10.0 Å². The van der Waals surface area contributed by atoms with Crippen molar-refractivity contribution in [1.29, 1.82) is 0 Å². The second kappa shape index (κ2) is 9.23. The van der Waals surface area contributed by atoms with Crippen molar-refractivity contribution in [1.82, 2.24) is 14.9 Å². The number of sulfonamides is 1. The van der Waals surface area contributed by atoms with E-state index in [-0.39, 0.29) is 29.3 Å². The van der Waals surface area contributed by atoms with Crippen LogP contribution in [0.5, 0.6) is 0 Å². The first-order chi connectivity index (χ1) is 12.4. The molecule has 2 aliphatic rings. The van der Waals surface area contributed by atoms with Crippen LogP contribution in [0, 0.1) is 0 Å². The van der Waals surface area contributed by atoms with E-state index in [0.29, 0.717) is 5.56 Å². The number of hydrogen-bond acceptors (Lipinski definition) is 5. The number of halogens is 1. The van der Waals surface area contributed by atoms with Gasteiger partial charge in [-0.05, 0) is 57.0 Å². The molecule has 2 saturated heterocycles. The lowest BCUT2D eigenvalue weighted by molar-refractivity contribution is 0.0930. The summed E-state index contributed by atoms with van der Waals surface area (Å²) in [7, 11) is -0.584. The number of carbonyl (C=O) groups excluding carboxylic acids is 1. The van der Waals surface area contributed by atoms with Crippen LogP contribution in [0.3, 0.4) is 0 Å². The largest absolute Gasteiger partial charge is 0.371 e. The molecule has 1 amide bonds. The van der Waals surface area contributed by atoms with Gasteiger partial charge in [-0.25, -0.2) is 12.7 Å². The number of nitrogens with zero attached hydrogens (tertiary/aromatic N) is 2. The summed E-state index contributed by atoms with van der Waals surface area (Å²) >= 11 is 0. The molecule has 0 unspecified atom stereocenters. The third-order valence-electron chi connectivity index (χ3n) is 5.11. The van der Waals surface area contributed by atoms with Crippen molar-refractivity contribution in [2.45, 2.75) is 36.6 Å². The maximum absolute atomic E-state index is 13.0. The Hall–Kier alpha value is -1.35. The first kappa shape index (κ1) is 21.9. The molecule has 2 N–H and O–H groups in total. The monoisotopic (exact) mass is 416 g/mol. The summed E-state index contributed by atoms with van der Waals surface area (Å²) in [5.74, 6) is -0.186. The Labute approximate surface area is 167 Å². The zero-order valence-corrected chi connectivity index (χ0v) is 17.5. The van der Waals surface area contributed by atoms with Crippen molar-refractivity contribution < 1.29 is 13.2 Å². The molecule has 9 heteroatoms. The van der Waals surface area contributed by atoms with Gasteiger partial charge in [0.15, 0.2) is 0 Å². The van der Waals surface area contributed by atoms with E-state index in [1.54, 1.807) is 12.1 Å². The summed E-state index contributed by atoms with van der Waals surface area (Å²) in [6.07, 6.45) is 3.96. The molecular formula is C18H29ClN4O3S. The summed E-state index contributed by atoms with van der Waals surface area (Å²) in [6, 6.07) is 5.03. The summed E-state index contributed by atoms with van der Waals surface area (Å²) < 4.78 is 26.2. The third kappa shape index (κ3) is 4.93. The van der Waals surface area contributed by atoms with Gasteiger partial charge < -0.3 is 15.5 Å². The average Bonchev–Trinajstić information content (AvgIpc) is 3.16. The standard InChI is InChI=1S/C18H28N4O3S.ClH/c1-21(2)26(24,25)15-5-6-17(22-11-3-4-12-22)16(13-15)18(23)20-14-7-9-19-10-8-14;/h5-6,13-14,19H,3-4,7-12H2,1-2H3,(H,20,23);1H. The summed E-state index contributed by atoms with van der Waals surface area (Å²) in [5.41, 5.74) is 1.28. The minimum absolute atomic E-state index is 0. The molecule has 0 spiro atoms. The van der Waals surface area contributed by atoms with E-state index in [1.807, 2.05) is 0 Å². The summed E-state index contributed by atoms with van der Waals surface area (Å²) in [4.78, 5) is 15.3. The van der Waals surface area contributed by atoms with Gasteiger partial charge in [0, 0.05) is 38.9 Å². The van der Waals surface area contributed by atoms with Crippen molar-refractivity contribution in [2.75, 3.05) is 45.2 Å². The van der Waals surface area contributed by atoms with E-state index >= 15 is 0 Å². The van der Waals surface area contributed by atoms with E-state index in [0.717, 1.165) is 57.5 Å².